The molecule has 25 heavy (non-hydrogen) atoms. The van der Waals surface area contributed by atoms with Crippen molar-refractivity contribution in [2.45, 2.75) is 25.8 Å². The zero-order chi connectivity index (χ0) is 17.6. The largest absolute Gasteiger partial charge is 0.480 e. The van der Waals surface area contributed by atoms with Gasteiger partial charge in [0.1, 0.15) is 5.82 Å². The van der Waals surface area contributed by atoms with E-state index in [1.165, 1.54) is 19.5 Å². The molecule has 3 aromatic rings. The molecule has 3 aromatic heterocycles. The predicted octanol–water partition coefficient (Wildman–Crippen LogP) is 2.22. The smallest absolute Gasteiger partial charge is 0.259 e. The molecule has 0 aliphatic carbocycles. The molecule has 1 amide bonds. The minimum Gasteiger partial charge on any atom is -0.480 e. The molecule has 0 radical (unpaired) electrons. The third-order valence-corrected chi connectivity index (χ3v) is 4.40. The summed E-state index contributed by atoms with van der Waals surface area (Å²) in [5, 5.41) is 2.76. The number of hydrogen-bond donors (Lipinski definition) is 2. The first-order valence-electron chi connectivity index (χ1n) is 7.91. The van der Waals surface area contributed by atoms with Gasteiger partial charge in [-0.25, -0.2) is 4.98 Å². The molecule has 8 nitrogen and oxygen atoms in total. The molecule has 2 N–H and O–H groups in total. The monoisotopic (exact) mass is 338 g/mol. The molecule has 0 saturated carbocycles. The predicted molar refractivity (Wildman–Crippen MR) is 91.6 cm³/mol. The van der Waals surface area contributed by atoms with E-state index in [0.29, 0.717) is 17.3 Å². The molecule has 0 atom stereocenters. The van der Waals surface area contributed by atoms with E-state index in [4.69, 9.17) is 4.74 Å². The number of H-pyrrole nitrogens is 1. The van der Waals surface area contributed by atoms with Gasteiger partial charge in [0.25, 0.3) is 5.91 Å². The third-order valence-electron chi connectivity index (χ3n) is 4.40. The second kappa shape index (κ2) is 5.44. The molecule has 0 fully saturated rings. The molecular weight excluding hydrogens is 320 g/mol. The van der Waals surface area contributed by atoms with Gasteiger partial charge in [0, 0.05) is 36.2 Å². The molecule has 0 bridgehead atoms. The van der Waals surface area contributed by atoms with Crippen molar-refractivity contribution in [3.8, 4) is 17.3 Å². The van der Waals surface area contributed by atoms with Crippen molar-refractivity contribution < 1.29 is 9.53 Å². The van der Waals surface area contributed by atoms with Crippen molar-refractivity contribution >= 4 is 11.7 Å². The van der Waals surface area contributed by atoms with Gasteiger partial charge in [-0.3, -0.25) is 9.78 Å². The molecule has 128 valence electrons. The van der Waals surface area contributed by atoms with Crippen molar-refractivity contribution in [3.63, 3.8) is 0 Å². The summed E-state index contributed by atoms with van der Waals surface area (Å²) in [5.74, 6) is 1.19. The zero-order valence-electron chi connectivity index (χ0n) is 14.2. The van der Waals surface area contributed by atoms with Crippen molar-refractivity contribution in [1.29, 1.82) is 0 Å². The number of carbonyl (C=O) groups excluding carboxylic acids is 1. The lowest BCUT2D eigenvalue weighted by Gasteiger charge is -2.32. The summed E-state index contributed by atoms with van der Waals surface area (Å²) in [6.07, 6.45) is 9.16. The van der Waals surface area contributed by atoms with E-state index in [-0.39, 0.29) is 11.4 Å². The van der Waals surface area contributed by atoms with Gasteiger partial charge in [-0.1, -0.05) is 0 Å². The highest BCUT2D eigenvalue weighted by atomic mass is 16.5. The first-order valence-corrected chi connectivity index (χ1v) is 7.91. The van der Waals surface area contributed by atoms with E-state index in [9.17, 15) is 4.79 Å². The fraction of sp³-hybridized carbons (Fsp3) is 0.294. The highest BCUT2D eigenvalue weighted by molar-refractivity contribution is 6.08. The van der Waals surface area contributed by atoms with E-state index in [1.807, 2.05) is 6.20 Å². The first kappa shape index (κ1) is 15.4. The highest BCUT2D eigenvalue weighted by Crippen LogP contribution is 2.38. The van der Waals surface area contributed by atoms with E-state index < -0.39 is 0 Å². The number of imidazole rings is 1. The van der Waals surface area contributed by atoms with Gasteiger partial charge >= 0.3 is 0 Å². The summed E-state index contributed by atoms with van der Waals surface area (Å²) >= 11 is 0. The van der Waals surface area contributed by atoms with Crippen molar-refractivity contribution in [3.05, 3.63) is 42.2 Å². The second-order valence-electron chi connectivity index (χ2n) is 6.57. The number of nitrogens with one attached hydrogen (secondary N) is 2. The Morgan fingerprint density at radius 3 is 3.04 bits per heavy atom. The lowest BCUT2D eigenvalue weighted by atomic mass is 9.90. The van der Waals surface area contributed by atoms with E-state index in [1.54, 1.807) is 12.4 Å². The fourth-order valence-corrected chi connectivity index (χ4v) is 3.23. The number of methoxy groups -OCH3 is 1. The van der Waals surface area contributed by atoms with E-state index >= 15 is 0 Å². The Labute approximate surface area is 144 Å². The van der Waals surface area contributed by atoms with Gasteiger partial charge in [-0.2, -0.15) is 4.98 Å². The van der Waals surface area contributed by atoms with Crippen LogP contribution in [0.25, 0.3) is 11.4 Å². The van der Waals surface area contributed by atoms with Crippen molar-refractivity contribution in [2.75, 3.05) is 12.4 Å². The Balaban J connectivity index is 1.70. The summed E-state index contributed by atoms with van der Waals surface area (Å²) in [6, 6.07) is 0. The molecular formula is C17H18N6O2. The number of aromatic nitrogens is 5. The number of fused-ring (bicyclic) bond motifs is 3. The van der Waals surface area contributed by atoms with Crippen LogP contribution in [0, 0.1) is 0 Å². The molecule has 1 aliphatic heterocycles. The molecule has 8 heteroatoms. The van der Waals surface area contributed by atoms with Gasteiger partial charge < -0.3 is 19.6 Å². The maximum atomic E-state index is 12.8. The Hall–Kier alpha value is -3.16. The molecule has 0 spiro atoms. The third kappa shape index (κ3) is 2.46. The van der Waals surface area contributed by atoms with Crippen LogP contribution in [0.2, 0.25) is 0 Å². The van der Waals surface area contributed by atoms with Crippen LogP contribution in [-0.2, 0) is 12.0 Å². The van der Waals surface area contributed by atoms with E-state index in [0.717, 1.165) is 23.5 Å². The summed E-state index contributed by atoms with van der Waals surface area (Å²) in [6.45, 7) is 4.29. The number of aromatic amines is 1. The lowest BCUT2D eigenvalue weighted by Crippen LogP contribution is -2.33. The van der Waals surface area contributed by atoms with Crippen LogP contribution in [0.4, 0.5) is 5.82 Å². The highest BCUT2D eigenvalue weighted by Gasteiger charge is 2.34. The minimum absolute atomic E-state index is 0.101. The first-order chi connectivity index (χ1) is 12.0. The fourth-order valence-electron chi connectivity index (χ4n) is 3.23. The van der Waals surface area contributed by atoms with Crippen LogP contribution in [0.3, 0.4) is 0 Å². The second-order valence-corrected chi connectivity index (χ2v) is 6.57. The number of nitrogens with zero attached hydrogens (tertiary/aromatic N) is 4. The summed E-state index contributed by atoms with van der Waals surface area (Å²) in [4.78, 5) is 28.6. The Kier molecular flexibility index (Phi) is 3.34. The number of rotatable bonds is 3. The van der Waals surface area contributed by atoms with Crippen LogP contribution in [0.15, 0.2) is 31.0 Å². The minimum atomic E-state index is -0.269. The van der Waals surface area contributed by atoms with E-state index in [2.05, 4.69) is 43.7 Å². The van der Waals surface area contributed by atoms with Crippen LogP contribution in [-0.4, -0.2) is 37.5 Å². The molecule has 4 rings (SSSR count). The Morgan fingerprint density at radius 2 is 2.24 bits per heavy atom. The Bertz CT molecular complexity index is 956. The Morgan fingerprint density at radius 1 is 1.40 bits per heavy atom. The zero-order valence-corrected chi connectivity index (χ0v) is 14.2. The van der Waals surface area contributed by atoms with Crippen molar-refractivity contribution in [2.24, 2.45) is 0 Å². The number of amides is 1. The normalized spacial score (nSPS) is 14.5. The van der Waals surface area contributed by atoms with Gasteiger partial charge in [-0.15, -0.1) is 0 Å². The van der Waals surface area contributed by atoms with Gasteiger partial charge in [0.2, 0.25) is 5.88 Å². The maximum absolute atomic E-state index is 12.8. The van der Waals surface area contributed by atoms with Gasteiger partial charge in [-0.05, 0) is 13.8 Å². The van der Waals surface area contributed by atoms with Crippen LogP contribution in [0.5, 0.6) is 5.88 Å². The molecule has 0 unspecified atom stereocenters. The summed E-state index contributed by atoms with van der Waals surface area (Å²) in [7, 11) is 1.50. The topological polar surface area (TPSA) is 97.7 Å². The molecule has 1 aliphatic rings. The number of hydrogen-bond acceptors (Lipinski definition) is 5. The van der Waals surface area contributed by atoms with Gasteiger partial charge in [0.15, 0.2) is 5.82 Å². The average molecular weight is 338 g/mol. The summed E-state index contributed by atoms with van der Waals surface area (Å²) in [5.41, 5.74) is 2.27. The van der Waals surface area contributed by atoms with Crippen LogP contribution in [0.1, 0.15) is 29.9 Å². The molecule has 0 saturated heterocycles. The quantitative estimate of drug-likeness (QED) is 0.763. The number of ether oxygens (including phenoxy) is 1. The van der Waals surface area contributed by atoms with Gasteiger partial charge in [0.05, 0.1) is 30.6 Å². The van der Waals surface area contributed by atoms with Crippen LogP contribution >= 0.6 is 0 Å². The average Bonchev–Trinajstić information content (AvgIpc) is 3.21. The van der Waals surface area contributed by atoms with Crippen molar-refractivity contribution in [1.82, 2.24) is 24.5 Å². The molecule has 0 aromatic carbocycles. The SMILES string of the molecule is COc1cncc(NC(=O)c2c[nH]c3c2-c2nccn2C(C)(C)C3)n1. The van der Waals surface area contributed by atoms with Crippen LogP contribution < -0.4 is 10.1 Å². The molecule has 4 heterocycles. The number of anilines is 1. The number of carbonyl (C=O) groups is 1. The lowest BCUT2D eigenvalue weighted by molar-refractivity contribution is 0.102. The summed E-state index contributed by atoms with van der Waals surface area (Å²) < 4.78 is 7.13. The standard InChI is InChI=1S/C17H18N6O2/c1-17(2)6-11-14(15-19-4-5-23(15)17)10(7-20-11)16(24)22-12-8-18-9-13(21-12)25-3/h4-5,7-9,20H,6H2,1-3H3,(H,21,22,24). The maximum Gasteiger partial charge on any atom is 0.259 e.